The quantitative estimate of drug-likeness (QED) is 0.739. The summed E-state index contributed by atoms with van der Waals surface area (Å²) in [6.45, 7) is 2.03. The van der Waals surface area contributed by atoms with E-state index < -0.39 is 5.60 Å². The van der Waals surface area contributed by atoms with E-state index in [9.17, 15) is 5.11 Å². The third-order valence-corrected chi connectivity index (χ3v) is 4.31. The summed E-state index contributed by atoms with van der Waals surface area (Å²) < 4.78 is 0.927. The fourth-order valence-corrected chi connectivity index (χ4v) is 2.93. The molecular formula is C9H18N4OS2. The highest BCUT2D eigenvalue weighted by Gasteiger charge is 2.17. The van der Waals surface area contributed by atoms with Crippen molar-refractivity contribution >= 4 is 28.2 Å². The summed E-state index contributed by atoms with van der Waals surface area (Å²) in [5.41, 5.74) is 4.66. The van der Waals surface area contributed by atoms with Gasteiger partial charge in [-0.05, 0) is 13.3 Å². The molecule has 1 aromatic heterocycles. The molecule has 0 aromatic carbocycles. The smallest absolute Gasteiger partial charge is 0.208 e. The minimum Gasteiger partial charge on any atom is -0.389 e. The molecule has 1 atom stereocenters. The van der Waals surface area contributed by atoms with Crippen LogP contribution in [0, 0.1) is 0 Å². The van der Waals surface area contributed by atoms with Gasteiger partial charge in [0.05, 0.1) is 5.60 Å². The van der Waals surface area contributed by atoms with Crippen molar-refractivity contribution in [3.63, 3.8) is 0 Å². The van der Waals surface area contributed by atoms with Crippen LogP contribution in [-0.2, 0) is 0 Å². The number of aliphatic hydroxyl groups is 1. The van der Waals surface area contributed by atoms with Gasteiger partial charge in [0, 0.05) is 26.4 Å². The van der Waals surface area contributed by atoms with E-state index in [4.69, 9.17) is 5.73 Å². The molecule has 0 aliphatic carbocycles. The van der Waals surface area contributed by atoms with Crippen LogP contribution in [0.5, 0.6) is 0 Å². The molecule has 3 N–H and O–H groups in total. The lowest BCUT2D eigenvalue weighted by Gasteiger charge is -2.19. The molecule has 7 heteroatoms. The topological polar surface area (TPSA) is 75.3 Å². The fourth-order valence-electron chi connectivity index (χ4n) is 0.902. The Morgan fingerprint density at radius 2 is 2.19 bits per heavy atom. The molecule has 0 radical (unpaired) electrons. The molecule has 16 heavy (non-hydrogen) atoms. The van der Waals surface area contributed by atoms with E-state index in [0.717, 1.165) is 15.2 Å². The van der Waals surface area contributed by atoms with Gasteiger partial charge in [-0.1, -0.05) is 23.1 Å². The largest absolute Gasteiger partial charge is 0.389 e. The van der Waals surface area contributed by atoms with E-state index in [1.165, 1.54) is 0 Å². The lowest BCUT2D eigenvalue weighted by Crippen LogP contribution is -2.34. The van der Waals surface area contributed by atoms with Crippen LogP contribution in [0.4, 0.5) is 5.13 Å². The Bertz CT molecular complexity index is 327. The van der Waals surface area contributed by atoms with Gasteiger partial charge in [-0.3, -0.25) is 0 Å². The maximum atomic E-state index is 9.72. The van der Waals surface area contributed by atoms with E-state index in [2.05, 4.69) is 10.2 Å². The van der Waals surface area contributed by atoms with Crippen molar-refractivity contribution < 1.29 is 5.11 Å². The van der Waals surface area contributed by atoms with Crippen molar-refractivity contribution in [2.75, 3.05) is 31.3 Å². The van der Waals surface area contributed by atoms with Crippen molar-refractivity contribution in [3.05, 3.63) is 0 Å². The van der Waals surface area contributed by atoms with E-state index in [1.54, 1.807) is 30.0 Å². The zero-order valence-electron chi connectivity index (χ0n) is 9.80. The summed E-state index contributed by atoms with van der Waals surface area (Å²) in [6, 6.07) is 0. The Hall–Kier alpha value is -0.370. The average molecular weight is 262 g/mol. The molecule has 0 aliphatic heterocycles. The summed E-state index contributed by atoms with van der Waals surface area (Å²) in [7, 11) is 3.88. The molecule has 0 fully saturated rings. The third kappa shape index (κ3) is 4.25. The number of hydrogen-bond donors (Lipinski definition) is 2. The first-order valence-electron chi connectivity index (χ1n) is 5.01. The Labute approximate surface area is 104 Å². The van der Waals surface area contributed by atoms with Crippen molar-refractivity contribution in [2.45, 2.75) is 23.3 Å². The van der Waals surface area contributed by atoms with E-state index in [-0.39, 0.29) is 6.54 Å². The van der Waals surface area contributed by atoms with Gasteiger partial charge in [0.25, 0.3) is 0 Å². The Balaban J connectivity index is 2.37. The van der Waals surface area contributed by atoms with Gasteiger partial charge in [-0.15, -0.1) is 10.2 Å². The minimum atomic E-state index is -0.776. The second-order valence-corrected chi connectivity index (χ2v) is 6.34. The van der Waals surface area contributed by atoms with Gasteiger partial charge in [0.15, 0.2) is 4.34 Å². The minimum absolute atomic E-state index is 0.284. The normalized spacial score (nSPS) is 14.8. The van der Waals surface area contributed by atoms with Crippen molar-refractivity contribution in [3.8, 4) is 0 Å². The second-order valence-electron chi connectivity index (χ2n) is 4.04. The number of nitrogens with zero attached hydrogens (tertiary/aromatic N) is 3. The molecule has 0 bridgehead atoms. The van der Waals surface area contributed by atoms with E-state index in [1.807, 2.05) is 19.0 Å². The van der Waals surface area contributed by atoms with E-state index in [0.29, 0.717) is 6.42 Å². The molecule has 1 heterocycles. The van der Waals surface area contributed by atoms with Crippen LogP contribution >= 0.6 is 23.1 Å². The Kier molecular flexibility index (Phi) is 4.97. The van der Waals surface area contributed by atoms with Gasteiger partial charge in [-0.2, -0.15) is 0 Å². The zero-order chi connectivity index (χ0) is 12.2. The molecule has 5 nitrogen and oxygen atoms in total. The first-order valence-corrected chi connectivity index (χ1v) is 6.81. The van der Waals surface area contributed by atoms with Crippen LogP contribution in [-0.4, -0.2) is 47.3 Å². The van der Waals surface area contributed by atoms with Crippen LogP contribution in [0.3, 0.4) is 0 Å². The molecule has 1 rings (SSSR count). The van der Waals surface area contributed by atoms with Gasteiger partial charge >= 0.3 is 0 Å². The molecule has 0 amide bonds. The predicted molar refractivity (Wildman–Crippen MR) is 69.3 cm³/mol. The highest BCUT2D eigenvalue weighted by molar-refractivity contribution is 8.01. The monoisotopic (exact) mass is 262 g/mol. The second kappa shape index (κ2) is 5.81. The van der Waals surface area contributed by atoms with Gasteiger partial charge in [0.2, 0.25) is 5.13 Å². The maximum absolute atomic E-state index is 9.72. The van der Waals surface area contributed by atoms with Crippen molar-refractivity contribution in [2.24, 2.45) is 5.73 Å². The standard InChI is InChI=1S/C9H18N4OS2/c1-9(14,6-10)4-5-15-8-12-11-7(16-8)13(2)3/h14H,4-6,10H2,1-3H3. The average Bonchev–Trinajstić information content (AvgIpc) is 2.66. The molecule has 0 saturated carbocycles. The summed E-state index contributed by atoms with van der Waals surface area (Å²) in [6.07, 6.45) is 0.658. The number of hydrogen-bond acceptors (Lipinski definition) is 7. The van der Waals surface area contributed by atoms with Gasteiger partial charge < -0.3 is 15.7 Å². The zero-order valence-corrected chi connectivity index (χ0v) is 11.4. The highest BCUT2D eigenvalue weighted by Crippen LogP contribution is 2.28. The first kappa shape index (κ1) is 13.7. The molecule has 0 spiro atoms. The van der Waals surface area contributed by atoms with Crippen molar-refractivity contribution in [1.82, 2.24) is 10.2 Å². The SMILES string of the molecule is CN(C)c1nnc(SCCC(C)(O)CN)s1. The highest BCUT2D eigenvalue weighted by atomic mass is 32.2. The summed E-state index contributed by atoms with van der Waals surface area (Å²) in [4.78, 5) is 1.93. The van der Waals surface area contributed by atoms with Crippen LogP contribution < -0.4 is 10.6 Å². The number of rotatable bonds is 6. The van der Waals surface area contributed by atoms with Crippen LogP contribution in [0.1, 0.15) is 13.3 Å². The summed E-state index contributed by atoms with van der Waals surface area (Å²) in [5.74, 6) is 0.798. The number of anilines is 1. The molecule has 92 valence electrons. The number of aromatic nitrogens is 2. The molecule has 0 aliphatic rings. The maximum Gasteiger partial charge on any atom is 0.208 e. The molecule has 0 saturated heterocycles. The molecule has 1 unspecified atom stereocenters. The molecular weight excluding hydrogens is 244 g/mol. The summed E-state index contributed by atoms with van der Waals surface area (Å²) >= 11 is 3.16. The fraction of sp³-hybridized carbons (Fsp3) is 0.778. The van der Waals surface area contributed by atoms with Crippen LogP contribution in [0.25, 0.3) is 0 Å². The third-order valence-electron chi connectivity index (χ3n) is 2.08. The van der Waals surface area contributed by atoms with Crippen molar-refractivity contribution in [1.29, 1.82) is 0 Å². The Morgan fingerprint density at radius 1 is 1.50 bits per heavy atom. The van der Waals surface area contributed by atoms with Gasteiger partial charge in [-0.25, -0.2) is 0 Å². The number of thioether (sulfide) groups is 1. The summed E-state index contributed by atoms with van der Waals surface area (Å²) in [5, 5.41) is 18.7. The van der Waals surface area contributed by atoms with E-state index >= 15 is 0 Å². The lowest BCUT2D eigenvalue weighted by atomic mass is 10.1. The lowest BCUT2D eigenvalue weighted by molar-refractivity contribution is 0.0665. The molecule has 1 aromatic rings. The van der Waals surface area contributed by atoms with Crippen LogP contribution in [0.15, 0.2) is 4.34 Å². The predicted octanol–water partition coefficient (Wildman–Crippen LogP) is 0.796. The first-order chi connectivity index (χ1) is 7.44. The van der Waals surface area contributed by atoms with Gasteiger partial charge in [0.1, 0.15) is 0 Å². The number of nitrogens with two attached hydrogens (primary N) is 1. The van der Waals surface area contributed by atoms with Crippen LogP contribution in [0.2, 0.25) is 0 Å². The Morgan fingerprint density at radius 3 is 2.69 bits per heavy atom.